The summed E-state index contributed by atoms with van der Waals surface area (Å²) < 4.78 is 0. The van der Waals surface area contributed by atoms with Crippen LogP contribution in [0.1, 0.15) is 42.0 Å². The molecular formula is C32H33N5O3S. The van der Waals surface area contributed by atoms with Gasteiger partial charge in [-0.05, 0) is 43.0 Å². The summed E-state index contributed by atoms with van der Waals surface area (Å²) in [6.45, 7) is 4.85. The van der Waals surface area contributed by atoms with Gasteiger partial charge in [-0.2, -0.15) is 0 Å². The van der Waals surface area contributed by atoms with Crippen LogP contribution in [0.4, 0.5) is 5.69 Å². The average Bonchev–Trinajstić information content (AvgIpc) is 3.31. The predicted octanol–water partition coefficient (Wildman–Crippen LogP) is 4.53. The van der Waals surface area contributed by atoms with Crippen LogP contribution in [-0.2, 0) is 27.3 Å². The Bertz CT molecular complexity index is 1490. The number of hydrogen-bond donors (Lipinski definition) is 2. The van der Waals surface area contributed by atoms with E-state index in [9.17, 15) is 14.4 Å². The van der Waals surface area contributed by atoms with Crippen LogP contribution in [0.2, 0.25) is 0 Å². The van der Waals surface area contributed by atoms with Gasteiger partial charge in [0.15, 0.2) is 5.17 Å². The molecule has 0 aliphatic carbocycles. The summed E-state index contributed by atoms with van der Waals surface area (Å²) in [4.78, 5) is 50.4. The molecule has 3 aromatic carbocycles. The van der Waals surface area contributed by atoms with Gasteiger partial charge in [0.25, 0.3) is 5.91 Å². The van der Waals surface area contributed by atoms with Gasteiger partial charge in [-0.1, -0.05) is 91.0 Å². The number of thioether (sulfide) groups is 1. The Kier molecular flexibility index (Phi) is 8.94. The first-order valence-electron chi connectivity index (χ1n) is 13.8. The Morgan fingerprint density at radius 3 is 2.44 bits per heavy atom. The minimum atomic E-state index is -0.853. The third-order valence-electron chi connectivity index (χ3n) is 7.00. The highest BCUT2D eigenvalue weighted by atomic mass is 32.2. The number of carbonyl (C=O) groups is 3. The molecule has 2 heterocycles. The molecule has 0 saturated heterocycles. The minimum Gasteiger partial charge on any atom is -0.356 e. The number of nitrogens with one attached hydrogen (secondary N) is 2. The average molecular weight is 568 g/mol. The third kappa shape index (κ3) is 6.74. The van der Waals surface area contributed by atoms with Crippen LogP contribution in [0.3, 0.4) is 0 Å². The van der Waals surface area contributed by atoms with Crippen LogP contribution in [0.5, 0.6) is 0 Å². The van der Waals surface area contributed by atoms with Crippen molar-refractivity contribution < 1.29 is 14.4 Å². The highest BCUT2D eigenvalue weighted by Crippen LogP contribution is 2.35. The second-order valence-electron chi connectivity index (χ2n) is 10.1. The Labute approximate surface area is 244 Å². The predicted molar refractivity (Wildman–Crippen MR) is 163 cm³/mol. The zero-order valence-corrected chi connectivity index (χ0v) is 24.0. The summed E-state index contributed by atoms with van der Waals surface area (Å²) >= 11 is 1.25. The Morgan fingerprint density at radius 1 is 0.951 bits per heavy atom. The van der Waals surface area contributed by atoms with E-state index >= 15 is 0 Å². The van der Waals surface area contributed by atoms with E-state index in [2.05, 4.69) is 15.6 Å². The van der Waals surface area contributed by atoms with Crippen LogP contribution >= 0.6 is 11.8 Å². The van der Waals surface area contributed by atoms with E-state index in [1.807, 2.05) is 92.7 Å². The lowest BCUT2D eigenvalue weighted by molar-refractivity contribution is -0.128. The molecule has 2 aliphatic rings. The molecule has 2 N–H and O–H groups in total. The van der Waals surface area contributed by atoms with Gasteiger partial charge in [0.2, 0.25) is 11.8 Å². The smallest absolute Gasteiger partial charge is 0.259 e. The van der Waals surface area contributed by atoms with Crippen molar-refractivity contribution in [3.63, 3.8) is 0 Å². The number of aliphatic imine (C=N–C) groups is 2. The van der Waals surface area contributed by atoms with Gasteiger partial charge in [0.1, 0.15) is 11.9 Å². The monoisotopic (exact) mass is 567 g/mol. The molecule has 3 aromatic rings. The molecule has 8 nitrogen and oxygen atoms in total. The van der Waals surface area contributed by atoms with Crippen LogP contribution < -0.4 is 10.6 Å². The highest BCUT2D eigenvalue weighted by molar-refractivity contribution is 8.15. The van der Waals surface area contributed by atoms with Crippen molar-refractivity contribution in [2.24, 2.45) is 9.98 Å². The maximum absolute atomic E-state index is 13.6. The standard InChI is InChI=1S/C32H33N5O3S/c1-3-27(30(39)34-20-23-15-13-21(2)14-16-23)41-32-36-25-12-8-7-11-24(25)29-35-26(31(40)37(29)32)19-28(38)33-18-17-22-9-5-4-6-10-22/h4-16,26-27H,3,17-20H2,1-2H3,(H,33,38)(H,34,39)/t26-,27-/m0/s1. The summed E-state index contributed by atoms with van der Waals surface area (Å²) in [6.07, 6.45) is 1.20. The van der Waals surface area contributed by atoms with Crippen LogP contribution in [0, 0.1) is 6.92 Å². The van der Waals surface area contributed by atoms with Crippen molar-refractivity contribution in [3.8, 4) is 0 Å². The molecule has 0 fully saturated rings. The first kappa shape index (κ1) is 28.3. The topological polar surface area (TPSA) is 103 Å². The van der Waals surface area contributed by atoms with Crippen molar-refractivity contribution in [1.82, 2.24) is 15.5 Å². The van der Waals surface area contributed by atoms with E-state index in [0.29, 0.717) is 42.6 Å². The van der Waals surface area contributed by atoms with Crippen LogP contribution in [-0.4, -0.2) is 51.5 Å². The van der Waals surface area contributed by atoms with E-state index in [1.165, 1.54) is 16.7 Å². The zero-order valence-electron chi connectivity index (χ0n) is 23.2. The van der Waals surface area contributed by atoms with Gasteiger partial charge in [0, 0.05) is 18.7 Å². The van der Waals surface area contributed by atoms with Gasteiger partial charge in [-0.3, -0.25) is 19.4 Å². The molecule has 5 rings (SSSR count). The normalized spacial score (nSPS) is 16.3. The number of amides is 3. The number of carbonyl (C=O) groups excluding carboxylic acids is 3. The van der Waals surface area contributed by atoms with E-state index in [0.717, 1.165) is 22.3 Å². The number of aryl methyl sites for hydroxylation is 1. The summed E-state index contributed by atoms with van der Waals surface area (Å²) in [6, 6.07) is 24.6. The first-order chi connectivity index (χ1) is 19.9. The van der Waals surface area contributed by atoms with Crippen LogP contribution in [0.15, 0.2) is 88.8 Å². The maximum atomic E-state index is 13.6. The Hall–Kier alpha value is -4.24. The van der Waals surface area contributed by atoms with E-state index in [-0.39, 0.29) is 24.1 Å². The van der Waals surface area contributed by atoms with Gasteiger partial charge < -0.3 is 10.6 Å². The molecule has 0 radical (unpaired) electrons. The SMILES string of the molecule is CC[C@H](SC1=Nc2ccccc2C2=N[C@@H](CC(=O)NCCc3ccccc3)C(=O)N12)C(=O)NCc1ccc(C)cc1. The number of benzene rings is 3. The summed E-state index contributed by atoms with van der Waals surface area (Å²) in [5.74, 6) is -0.196. The molecule has 0 spiro atoms. The van der Waals surface area contributed by atoms with E-state index in [1.54, 1.807) is 0 Å². The zero-order chi connectivity index (χ0) is 28.8. The number of rotatable bonds is 10. The molecule has 0 saturated carbocycles. The third-order valence-corrected chi connectivity index (χ3v) is 8.32. The molecule has 210 valence electrons. The molecule has 3 amide bonds. The second kappa shape index (κ2) is 13.0. The Morgan fingerprint density at radius 2 is 1.68 bits per heavy atom. The largest absolute Gasteiger partial charge is 0.356 e. The summed E-state index contributed by atoms with van der Waals surface area (Å²) in [7, 11) is 0. The maximum Gasteiger partial charge on any atom is 0.259 e. The number of nitrogens with zero attached hydrogens (tertiary/aromatic N) is 3. The fourth-order valence-corrected chi connectivity index (χ4v) is 5.76. The fourth-order valence-electron chi connectivity index (χ4n) is 4.71. The first-order valence-corrected chi connectivity index (χ1v) is 14.7. The van der Waals surface area contributed by atoms with Crippen LogP contribution in [0.25, 0.3) is 0 Å². The van der Waals surface area contributed by atoms with Crippen molar-refractivity contribution in [3.05, 3.63) is 101 Å². The molecule has 0 bridgehead atoms. The summed E-state index contributed by atoms with van der Waals surface area (Å²) in [5, 5.41) is 5.86. The lowest BCUT2D eigenvalue weighted by Gasteiger charge is -2.27. The molecule has 2 atom stereocenters. The lowest BCUT2D eigenvalue weighted by atomic mass is 10.1. The van der Waals surface area contributed by atoms with Gasteiger partial charge in [0.05, 0.1) is 17.4 Å². The molecular weight excluding hydrogens is 534 g/mol. The fraction of sp³-hybridized carbons (Fsp3) is 0.281. The summed E-state index contributed by atoms with van der Waals surface area (Å²) in [5.41, 5.74) is 4.72. The van der Waals surface area contributed by atoms with Gasteiger partial charge in [-0.15, -0.1) is 0 Å². The molecule has 2 aliphatic heterocycles. The van der Waals surface area contributed by atoms with Gasteiger partial charge >= 0.3 is 0 Å². The van der Waals surface area contributed by atoms with Crippen molar-refractivity contribution >= 4 is 46.2 Å². The minimum absolute atomic E-state index is 0.0536. The molecule has 41 heavy (non-hydrogen) atoms. The number of para-hydroxylation sites is 1. The number of amidine groups is 2. The lowest BCUT2D eigenvalue weighted by Crippen LogP contribution is -2.43. The van der Waals surface area contributed by atoms with Crippen molar-refractivity contribution in [2.75, 3.05) is 6.54 Å². The van der Waals surface area contributed by atoms with Crippen molar-refractivity contribution in [2.45, 2.75) is 50.9 Å². The highest BCUT2D eigenvalue weighted by Gasteiger charge is 2.43. The number of fused-ring (bicyclic) bond motifs is 3. The molecule has 0 aromatic heterocycles. The molecule has 0 unspecified atom stereocenters. The van der Waals surface area contributed by atoms with Gasteiger partial charge in [-0.25, -0.2) is 9.89 Å². The van der Waals surface area contributed by atoms with E-state index < -0.39 is 11.3 Å². The Balaban J connectivity index is 1.27. The van der Waals surface area contributed by atoms with Crippen molar-refractivity contribution in [1.29, 1.82) is 0 Å². The van der Waals surface area contributed by atoms with E-state index in [4.69, 9.17) is 4.99 Å². The quantitative estimate of drug-likeness (QED) is 0.376. The molecule has 9 heteroatoms. The number of hydrogen-bond acceptors (Lipinski definition) is 6. The second-order valence-corrected chi connectivity index (χ2v) is 11.2.